The smallest absolute Gasteiger partial charge is 0.338 e. The Kier molecular flexibility index (Phi) is 17.4. The van der Waals surface area contributed by atoms with E-state index in [2.05, 4.69) is 13.8 Å². The average molecular weight is 705 g/mol. The van der Waals surface area contributed by atoms with Crippen LogP contribution in [0.5, 0.6) is 23.0 Å². The van der Waals surface area contributed by atoms with E-state index in [0.717, 1.165) is 67.2 Å². The number of benzene rings is 3. The van der Waals surface area contributed by atoms with E-state index in [0.29, 0.717) is 23.7 Å². The standard InChI is InChI=1S/C44H61ClO5/c1-3-5-7-9-10-11-12-13-14-15-16-17-18-19-20-24-28-49-44(48)35-27-23-22-26-34(35)43-36-29-33(25-21-8-6-4-2)39(46)31-41(36)50-42-32-40(47)38(45)30-37(42)43/h22-23,26-27,29-32,43,46-47H,3-21,24-25,28H2,1-2H3. The molecule has 0 bridgehead atoms. The van der Waals surface area contributed by atoms with E-state index in [1.165, 1.54) is 96.0 Å². The molecule has 0 saturated carbocycles. The molecule has 6 heteroatoms. The first-order valence-electron chi connectivity index (χ1n) is 19.8. The molecule has 1 aliphatic rings. The molecule has 3 aromatic carbocycles. The number of hydrogen-bond acceptors (Lipinski definition) is 5. The van der Waals surface area contributed by atoms with Crippen LogP contribution in [0.25, 0.3) is 0 Å². The number of unbranched alkanes of at least 4 members (excludes halogenated alkanes) is 18. The number of hydrogen-bond donors (Lipinski definition) is 2. The van der Waals surface area contributed by atoms with E-state index in [9.17, 15) is 15.0 Å². The molecule has 0 saturated heterocycles. The topological polar surface area (TPSA) is 76.0 Å². The maximum absolute atomic E-state index is 13.6. The number of ether oxygens (including phenoxy) is 2. The van der Waals surface area contributed by atoms with Crippen molar-refractivity contribution in [3.63, 3.8) is 0 Å². The van der Waals surface area contributed by atoms with E-state index in [1.807, 2.05) is 30.3 Å². The summed E-state index contributed by atoms with van der Waals surface area (Å²) in [5, 5.41) is 21.5. The van der Waals surface area contributed by atoms with Gasteiger partial charge in [0.2, 0.25) is 0 Å². The van der Waals surface area contributed by atoms with Gasteiger partial charge in [0, 0.05) is 29.2 Å². The maximum atomic E-state index is 13.6. The van der Waals surface area contributed by atoms with E-state index in [1.54, 1.807) is 12.1 Å². The van der Waals surface area contributed by atoms with Crippen LogP contribution < -0.4 is 4.74 Å². The van der Waals surface area contributed by atoms with Gasteiger partial charge in [-0.25, -0.2) is 4.79 Å². The van der Waals surface area contributed by atoms with Gasteiger partial charge in [-0.2, -0.15) is 0 Å². The Morgan fingerprint density at radius 1 is 0.640 bits per heavy atom. The number of phenols is 2. The summed E-state index contributed by atoms with van der Waals surface area (Å²) in [5.74, 6) is 0.287. The van der Waals surface area contributed by atoms with Crippen LogP contribution in [0.15, 0.2) is 48.5 Å². The fourth-order valence-corrected chi connectivity index (χ4v) is 7.38. The van der Waals surface area contributed by atoms with Gasteiger partial charge in [0.05, 0.1) is 17.2 Å². The first kappa shape index (κ1) is 39.6. The molecule has 274 valence electrons. The molecule has 4 rings (SSSR count). The van der Waals surface area contributed by atoms with E-state index < -0.39 is 5.92 Å². The SMILES string of the molecule is CCCCCCCCCCCCCCCCCCOC(=O)c1ccccc1C1c2cc(Cl)c(O)cc2Oc2cc(O)c(CCCCCC)cc21. The number of carbonyl (C=O) groups is 1. The number of rotatable bonds is 24. The molecule has 50 heavy (non-hydrogen) atoms. The predicted molar refractivity (Wildman–Crippen MR) is 206 cm³/mol. The van der Waals surface area contributed by atoms with Crippen LogP contribution in [0, 0.1) is 0 Å². The summed E-state index contributed by atoms with van der Waals surface area (Å²) >= 11 is 6.43. The minimum absolute atomic E-state index is 0.0871. The van der Waals surface area contributed by atoms with E-state index >= 15 is 0 Å². The molecule has 0 aliphatic carbocycles. The minimum Gasteiger partial charge on any atom is -0.508 e. The van der Waals surface area contributed by atoms with Crippen molar-refractivity contribution in [2.75, 3.05) is 6.61 Å². The Bertz CT molecular complexity index is 1470. The lowest BCUT2D eigenvalue weighted by Gasteiger charge is -2.30. The Morgan fingerprint density at radius 2 is 1.14 bits per heavy atom. The quantitative estimate of drug-likeness (QED) is 0.0561. The van der Waals surface area contributed by atoms with Crippen molar-refractivity contribution < 1.29 is 24.5 Å². The maximum Gasteiger partial charge on any atom is 0.338 e. The van der Waals surface area contributed by atoms with Crippen molar-refractivity contribution in [3.05, 3.63) is 81.4 Å². The molecule has 0 spiro atoms. The Hall–Kier alpha value is -3.18. The summed E-state index contributed by atoms with van der Waals surface area (Å²) in [6.07, 6.45) is 25.9. The number of halogens is 1. The van der Waals surface area contributed by atoms with Crippen LogP contribution in [-0.4, -0.2) is 22.8 Å². The van der Waals surface area contributed by atoms with Gasteiger partial charge in [0.1, 0.15) is 23.0 Å². The number of esters is 1. The second-order valence-electron chi connectivity index (χ2n) is 14.2. The lowest BCUT2D eigenvalue weighted by molar-refractivity contribution is 0.0496. The van der Waals surface area contributed by atoms with Crippen molar-refractivity contribution >= 4 is 17.6 Å². The van der Waals surface area contributed by atoms with Gasteiger partial charge in [-0.3, -0.25) is 0 Å². The first-order valence-corrected chi connectivity index (χ1v) is 20.1. The summed E-state index contributed by atoms with van der Waals surface area (Å²) in [6, 6.07) is 14.4. The molecule has 2 N–H and O–H groups in total. The van der Waals surface area contributed by atoms with Crippen LogP contribution in [0.3, 0.4) is 0 Å². The fraction of sp³-hybridized carbons (Fsp3) is 0.568. The molecular weight excluding hydrogens is 644 g/mol. The third-order valence-corrected chi connectivity index (χ3v) is 10.5. The molecule has 1 unspecified atom stereocenters. The van der Waals surface area contributed by atoms with Gasteiger partial charge in [-0.05, 0) is 48.6 Å². The van der Waals surface area contributed by atoms with Gasteiger partial charge in [-0.1, -0.05) is 159 Å². The third-order valence-electron chi connectivity index (χ3n) is 10.2. The summed E-state index contributed by atoms with van der Waals surface area (Å²) in [6.45, 7) is 4.85. The molecule has 0 fully saturated rings. The largest absolute Gasteiger partial charge is 0.508 e. The monoisotopic (exact) mass is 704 g/mol. The average Bonchev–Trinajstić information content (AvgIpc) is 3.11. The van der Waals surface area contributed by atoms with E-state index in [-0.39, 0.29) is 22.5 Å². The van der Waals surface area contributed by atoms with Crippen LogP contribution in [0.4, 0.5) is 0 Å². The van der Waals surface area contributed by atoms with Gasteiger partial charge in [0.25, 0.3) is 0 Å². The van der Waals surface area contributed by atoms with E-state index in [4.69, 9.17) is 21.1 Å². The fourth-order valence-electron chi connectivity index (χ4n) is 7.21. The predicted octanol–water partition coefficient (Wildman–Crippen LogP) is 13.6. The van der Waals surface area contributed by atoms with Crippen LogP contribution in [-0.2, 0) is 11.2 Å². The zero-order valence-corrected chi connectivity index (χ0v) is 31.5. The van der Waals surface area contributed by atoms with Crippen molar-refractivity contribution in [1.82, 2.24) is 0 Å². The second kappa shape index (κ2) is 21.9. The van der Waals surface area contributed by atoms with Gasteiger partial charge >= 0.3 is 5.97 Å². The number of aryl methyl sites for hydroxylation is 1. The number of fused-ring (bicyclic) bond motifs is 2. The lowest BCUT2D eigenvalue weighted by atomic mass is 9.79. The third kappa shape index (κ3) is 12.0. The molecule has 1 aliphatic heterocycles. The van der Waals surface area contributed by atoms with Gasteiger partial charge < -0.3 is 19.7 Å². The van der Waals surface area contributed by atoms with Gasteiger partial charge in [0.15, 0.2) is 0 Å². The summed E-state index contributed by atoms with van der Waals surface area (Å²) in [7, 11) is 0. The van der Waals surface area contributed by atoms with Crippen LogP contribution >= 0.6 is 11.6 Å². The Morgan fingerprint density at radius 3 is 1.74 bits per heavy atom. The van der Waals surface area contributed by atoms with Crippen LogP contribution in [0.1, 0.15) is 181 Å². The van der Waals surface area contributed by atoms with Gasteiger partial charge in [-0.15, -0.1) is 0 Å². The van der Waals surface area contributed by atoms with Crippen molar-refractivity contribution in [2.24, 2.45) is 0 Å². The molecule has 1 atom stereocenters. The highest BCUT2D eigenvalue weighted by atomic mass is 35.5. The molecule has 0 aromatic heterocycles. The molecular formula is C44H61ClO5. The highest BCUT2D eigenvalue weighted by Gasteiger charge is 2.33. The Balaban J connectivity index is 1.30. The molecule has 0 radical (unpaired) electrons. The zero-order valence-electron chi connectivity index (χ0n) is 30.7. The normalized spacial score (nSPS) is 13.5. The second-order valence-corrected chi connectivity index (χ2v) is 14.6. The van der Waals surface area contributed by atoms with Crippen molar-refractivity contribution in [3.8, 4) is 23.0 Å². The highest BCUT2D eigenvalue weighted by Crippen LogP contribution is 2.52. The number of aromatic hydroxyl groups is 2. The Labute approximate surface area is 306 Å². The zero-order chi connectivity index (χ0) is 35.6. The van der Waals surface area contributed by atoms with Crippen LogP contribution in [0.2, 0.25) is 5.02 Å². The molecule has 0 amide bonds. The molecule has 5 nitrogen and oxygen atoms in total. The summed E-state index contributed by atoms with van der Waals surface area (Å²) < 4.78 is 12.1. The lowest BCUT2D eigenvalue weighted by Crippen LogP contribution is -2.17. The molecule has 1 heterocycles. The van der Waals surface area contributed by atoms with Crippen molar-refractivity contribution in [2.45, 2.75) is 155 Å². The van der Waals surface area contributed by atoms with Crippen molar-refractivity contribution in [1.29, 1.82) is 0 Å². The summed E-state index contributed by atoms with van der Waals surface area (Å²) in [5.41, 5.74) is 3.72. The highest BCUT2D eigenvalue weighted by molar-refractivity contribution is 6.32. The summed E-state index contributed by atoms with van der Waals surface area (Å²) in [4.78, 5) is 13.6. The number of carbonyl (C=O) groups excluding carboxylic acids is 1. The number of phenolic OH excluding ortho intramolecular Hbond substituents is 2. The first-order chi connectivity index (χ1) is 24.4. The minimum atomic E-state index is -0.402. The molecule has 3 aromatic rings.